The quantitative estimate of drug-likeness (QED) is 0.742. The van der Waals surface area contributed by atoms with Crippen molar-refractivity contribution >= 4 is 6.29 Å². The highest BCUT2D eigenvalue weighted by Gasteiger charge is 2.12. The van der Waals surface area contributed by atoms with Crippen molar-refractivity contribution in [1.29, 1.82) is 0 Å². The van der Waals surface area contributed by atoms with Crippen molar-refractivity contribution in [3.05, 3.63) is 71.3 Å². The van der Waals surface area contributed by atoms with Crippen LogP contribution in [0.3, 0.4) is 0 Å². The van der Waals surface area contributed by atoms with Gasteiger partial charge in [0, 0.05) is 0 Å². The Labute approximate surface area is 97.7 Å². The van der Waals surface area contributed by atoms with Crippen LogP contribution in [0.5, 0.6) is 0 Å². The molecule has 0 heterocycles. The Morgan fingerprint density at radius 1 is 0.765 bits per heavy atom. The van der Waals surface area contributed by atoms with Crippen LogP contribution in [0.1, 0.15) is 17.0 Å². The van der Waals surface area contributed by atoms with E-state index in [9.17, 15) is 13.6 Å². The zero-order chi connectivity index (χ0) is 12.3. The Balaban J connectivity index is 2.36. The van der Waals surface area contributed by atoms with Gasteiger partial charge in [-0.1, -0.05) is 24.3 Å². The van der Waals surface area contributed by atoms with Crippen molar-refractivity contribution in [1.82, 2.24) is 0 Å². The van der Waals surface area contributed by atoms with E-state index in [4.69, 9.17) is 0 Å². The molecule has 0 unspecified atom stereocenters. The average Bonchev–Trinajstić information content (AvgIpc) is 2.35. The lowest BCUT2D eigenvalue weighted by atomic mass is 9.93. The van der Waals surface area contributed by atoms with Gasteiger partial charge in [-0.2, -0.15) is 0 Å². The van der Waals surface area contributed by atoms with E-state index in [0.717, 1.165) is 6.29 Å². The van der Waals surface area contributed by atoms with E-state index in [1.807, 2.05) is 0 Å². The largest absolute Gasteiger partial charge is 0.302 e. The summed E-state index contributed by atoms with van der Waals surface area (Å²) in [6, 6.07) is 11.4. The first kappa shape index (κ1) is 11.5. The third kappa shape index (κ3) is 2.56. The molecule has 0 amide bonds. The molecule has 0 saturated carbocycles. The first-order chi connectivity index (χ1) is 8.20. The Hall–Kier alpha value is -2.03. The van der Waals surface area contributed by atoms with Crippen LogP contribution < -0.4 is 0 Å². The summed E-state index contributed by atoms with van der Waals surface area (Å²) in [4.78, 5) is 11.1. The number of carbonyl (C=O) groups excluding carboxylic acids is 1. The standard InChI is InChI=1S/C14H10F2O/c15-12-5-1-10(2-6-12)14(9-17)11-3-7-13(16)8-4-11/h1-9,14H. The zero-order valence-electron chi connectivity index (χ0n) is 8.94. The number of carbonyl (C=O) groups is 1. The van der Waals surface area contributed by atoms with Crippen molar-refractivity contribution in [3.63, 3.8) is 0 Å². The molecule has 0 atom stereocenters. The van der Waals surface area contributed by atoms with Gasteiger partial charge in [0.15, 0.2) is 0 Å². The summed E-state index contributed by atoms with van der Waals surface area (Å²) in [6.45, 7) is 0. The highest BCUT2D eigenvalue weighted by Crippen LogP contribution is 2.23. The van der Waals surface area contributed by atoms with E-state index >= 15 is 0 Å². The predicted molar refractivity (Wildman–Crippen MR) is 60.7 cm³/mol. The summed E-state index contributed by atoms with van der Waals surface area (Å²) in [5, 5.41) is 0. The second-order valence-corrected chi connectivity index (χ2v) is 3.72. The van der Waals surface area contributed by atoms with E-state index in [2.05, 4.69) is 0 Å². The van der Waals surface area contributed by atoms with Crippen LogP contribution in [0, 0.1) is 11.6 Å². The molecule has 0 bridgehead atoms. The van der Waals surface area contributed by atoms with E-state index in [-0.39, 0.29) is 11.6 Å². The summed E-state index contributed by atoms with van der Waals surface area (Å²) < 4.78 is 25.5. The summed E-state index contributed by atoms with van der Waals surface area (Å²) in [5.41, 5.74) is 1.38. The molecule has 0 N–H and O–H groups in total. The van der Waals surface area contributed by atoms with Gasteiger partial charge in [0.2, 0.25) is 0 Å². The van der Waals surface area contributed by atoms with Gasteiger partial charge in [-0.05, 0) is 35.4 Å². The van der Waals surface area contributed by atoms with Gasteiger partial charge in [-0.25, -0.2) is 8.78 Å². The van der Waals surface area contributed by atoms with Crippen molar-refractivity contribution in [2.75, 3.05) is 0 Å². The van der Waals surface area contributed by atoms with E-state index in [1.165, 1.54) is 24.3 Å². The highest BCUT2D eigenvalue weighted by atomic mass is 19.1. The molecule has 0 aromatic heterocycles. The van der Waals surface area contributed by atoms with Crippen molar-refractivity contribution < 1.29 is 13.6 Å². The minimum atomic E-state index is -0.490. The first-order valence-corrected chi connectivity index (χ1v) is 5.17. The maximum atomic E-state index is 12.8. The maximum absolute atomic E-state index is 12.8. The van der Waals surface area contributed by atoms with E-state index in [1.54, 1.807) is 24.3 Å². The smallest absolute Gasteiger partial charge is 0.131 e. The molecule has 0 radical (unpaired) electrons. The second-order valence-electron chi connectivity index (χ2n) is 3.72. The molecule has 2 aromatic rings. The van der Waals surface area contributed by atoms with Gasteiger partial charge < -0.3 is 4.79 Å². The third-order valence-corrected chi connectivity index (χ3v) is 2.59. The Kier molecular flexibility index (Phi) is 3.28. The molecule has 0 aliphatic carbocycles. The normalized spacial score (nSPS) is 10.5. The fourth-order valence-corrected chi connectivity index (χ4v) is 1.69. The number of halogens is 2. The van der Waals surface area contributed by atoms with Gasteiger partial charge >= 0.3 is 0 Å². The molecule has 86 valence electrons. The molecule has 0 saturated heterocycles. The van der Waals surface area contributed by atoms with Crippen molar-refractivity contribution in [2.45, 2.75) is 5.92 Å². The van der Waals surface area contributed by atoms with Gasteiger partial charge in [-0.15, -0.1) is 0 Å². The first-order valence-electron chi connectivity index (χ1n) is 5.17. The van der Waals surface area contributed by atoms with Crippen LogP contribution in [-0.4, -0.2) is 6.29 Å². The number of rotatable bonds is 3. The van der Waals surface area contributed by atoms with E-state index in [0.29, 0.717) is 11.1 Å². The van der Waals surface area contributed by atoms with Crippen LogP contribution >= 0.6 is 0 Å². The number of benzene rings is 2. The third-order valence-electron chi connectivity index (χ3n) is 2.59. The van der Waals surface area contributed by atoms with Crippen LogP contribution in [0.2, 0.25) is 0 Å². The molecule has 0 spiro atoms. The fourth-order valence-electron chi connectivity index (χ4n) is 1.69. The van der Waals surface area contributed by atoms with Crippen LogP contribution in [0.4, 0.5) is 8.78 Å². The molecule has 1 nitrogen and oxygen atoms in total. The minimum absolute atomic E-state index is 0.350. The molecular formula is C14H10F2O. The van der Waals surface area contributed by atoms with Crippen LogP contribution in [0.25, 0.3) is 0 Å². The lowest BCUT2D eigenvalue weighted by molar-refractivity contribution is -0.108. The lowest BCUT2D eigenvalue weighted by Gasteiger charge is -2.10. The van der Waals surface area contributed by atoms with Crippen molar-refractivity contribution in [3.8, 4) is 0 Å². The van der Waals surface area contributed by atoms with Crippen molar-refractivity contribution in [2.24, 2.45) is 0 Å². The lowest BCUT2D eigenvalue weighted by Crippen LogP contribution is -2.02. The van der Waals surface area contributed by atoms with E-state index < -0.39 is 5.92 Å². The Morgan fingerprint density at radius 2 is 1.12 bits per heavy atom. The van der Waals surface area contributed by atoms with Gasteiger partial charge in [0.05, 0.1) is 5.92 Å². The van der Waals surface area contributed by atoms with Gasteiger partial charge in [0.1, 0.15) is 17.9 Å². The number of aldehydes is 1. The summed E-state index contributed by atoms with van der Waals surface area (Å²) in [6.07, 6.45) is 0.764. The Bertz CT molecular complexity index is 457. The maximum Gasteiger partial charge on any atom is 0.131 e. The molecule has 0 aliphatic rings. The van der Waals surface area contributed by atoms with Crippen LogP contribution in [-0.2, 0) is 4.79 Å². The average molecular weight is 232 g/mol. The second kappa shape index (κ2) is 4.87. The summed E-state index contributed by atoms with van der Waals surface area (Å²) >= 11 is 0. The topological polar surface area (TPSA) is 17.1 Å². The predicted octanol–water partition coefficient (Wildman–Crippen LogP) is 3.30. The van der Waals surface area contributed by atoms with Gasteiger partial charge in [0.25, 0.3) is 0 Å². The minimum Gasteiger partial charge on any atom is -0.302 e. The molecule has 0 fully saturated rings. The Morgan fingerprint density at radius 3 is 1.41 bits per heavy atom. The molecular weight excluding hydrogens is 222 g/mol. The summed E-state index contributed by atoms with van der Waals surface area (Å²) in [7, 11) is 0. The fraction of sp³-hybridized carbons (Fsp3) is 0.0714. The van der Waals surface area contributed by atoms with Crippen LogP contribution in [0.15, 0.2) is 48.5 Å². The molecule has 2 rings (SSSR count). The number of hydrogen-bond donors (Lipinski definition) is 0. The molecule has 17 heavy (non-hydrogen) atoms. The highest BCUT2D eigenvalue weighted by molar-refractivity contribution is 5.68. The number of hydrogen-bond acceptors (Lipinski definition) is 1. The summed E-state index contributed by atoms with van der Waals surface area (Å²) in [5.74, 6) is -1.19. The monoisotopic (exact) mass is 232 g/mol. The molecule has 0 aliphatic heterocycles. The van der Waals surface area contributed by atoms with Gasteiger partial charge in [-0.3, -0.25) is 0 Å². The zero-order valence-corrected chi connectivity index (χ0v) is 8.94. The molecule has 2 aromatic carbocycles. The molecule has 3 heteroatoms. The SMILES string of the molecule is O=CC(c1ccc(F)cc1)c1ccc(F)cc1.